The summed E-state index contributed by atoms with van der Waals surface area (Å²) >= 11 is 7.81. The maximum Gasteiger partial charge on any atom is 0.243 e. The molecular formula is C29H33ClN2O2S. The van der Waals surface area contributed by atoms with Gasteiger partial charge in [-0.05, 0) is 36.1 Å². The normalized spacial score (nSPS) is 11.6. The minimum atomic E-state index is -0.599. The fourth-order valence-corrected chi connectivity index (χ4v) is 5.07. The molecule has 6 heteroatoms. The second-order valence-corrected chi connectivity index (χ2v) is 9.98. The number of halogens is 1. The largest absolute Gasteiger partial charge is 0.354 e. The molecule has 4 nitrogen and oxygen atoms in total. The lowest BCUT2D eigenvalue weighted by molar-refractivity contribution is -0.139. The number of amides is 2. The number of hydrogen-bond acceptors (Lipinski definition) is 3. The van der Waals surface area contributed by atoms with E-state index in [0.29, 0.717) is 30.3 Å². The summed E-state index contributed by atoms with van der Waals surface area (Å²) in [5.74, 6) is 0.724. The van der Waals surface area contributed by atoms with E-state index in [1.54, 1.807) is 4.90 Å². The van der Waals surface area contributed by atoms with Crippen LogP contribution in [0, 0.1) is 6.92 Å². The first-order valence-electron chi connectivity index (χ1n) is 12.0. The van der Waals surface area contributed by atoms with Crippen molar-refractivity contribution in [1.29, 1.82) is 0 Å². The molecule has 0 aliphatic heterocycles. The Kier molecular flexibility index (Phi) is 10.7. The predicted octanol–water partition coefficient (Wildman–Crippen LogP) is 6.05. The van der Waals surface area contributed by atoms with Crippen molar-refractivity contribution < 1.29 is 9.59 Å². The molecule has 0 radical (unpaired) electrons. The van der Waals surface area contributed by atoms with Gasteiger partial charge in [-0.2, -0.15) is 0 Å². The molecule has 0 aliphatic rings. The topological polar surface area (TPSA) is 49.4 Å². The SMILES string of the molecule is CCCNC(=O)C(Cc1ccccc1)N(Cc1cccc(C)c1)C(=O)CSCc1ccccc1Cl. The molecule has 1 N–H and O–H groups in total. The molecule has 0 aliphatic carbocycles. The number of carbonyl (C=O) groups is 2. The van der Waals surface area contributed by atoms with Gasteiger partial charge in [0.1, 0.15) is 6.04 Å². The Bertz CT molecular complexity index is 1110. The molecule has 184 valence electrons. The maximum absolute atomic E-state index is 13.6. The molecule has 2 amide bonds. The summed E-state index contributed by atoms with van der Waals surface area (Å²) in [6.07, 6.45) is 1.30. The molecular weight excluding hydrogens is 476 g/mol. The first-order chi connectivity index (χ1) is 17.0. The molecule has 0 aromatic heterocycles. The Balaban J connectivity index is 1.84. The number of benzene rings is 3. The van der Waals surface area contributed by atoms with Crippen LogP contribution in [0.4, 0.5) is 0 Å². The second kappa shape index (κ2) is 14.0. The standard InChI is InChI=1S/C29H33ClN2O2S/c1-3-16-31-29(34)27(18-23-11-5-4-6-12-23)32(19-24-13-9-10-22(2)17-24)28(33)21-35-20-25-14-7-8-15-26(25)30/h4-15,17,27H,3,16,18-21H2,1-2H3,(H,31,34). The minimum Gasteiger partial charge on any atom is -0.354 e. The molecule has 0 spiro atoms. The van der Waals surface area contributed by atoms with Crippen molar-refractivity contribution in [3.05, 3.63) is 106 Å². The summed E-state index contributed by atoms with van der Waals surface area (Å²) in [7, 11) is 0. The minimum absolute atomic E-state index is 0.0591. The molecule has 0 heterocycles. The second-order valence-electron chi connectivity index (χ2n) is 8.59. The lowest BCUT2D eigenvalue weighted by atomic mass is 10.0. The maximum atomic E-state index is 13.6. The fourth-order valence-electron chi connectivity index (χ4n) is 3.87. The number of aryl methyl sites for hydroxylation is 1. The molecule has 0 saturated heterocycles. The smallest absolute Gasteiger partial charge is 0.243 e. The Morgan fingerprint density at radius 1 is 0.971 bits per heavy atom. The highest BCUT2D eigenvalue weighted by molar-refractivity contribution is 7.99. The zero-order valence-corrected chi connectivity index (χ0v) is 21.9. The summed E-state index contributed by atoms with van der Waals surface area (Å²) in [6.45, 7) is 5.01. The van der Waals surface area contributed by atoms with Gasteiger partial charge in [-0.3, -0.25) is 9.59 Å². The van der Waals surface area contributed by atoms with Crippen molar-refractivity contribution in [3.8, 4) is 0 Å². The average molecular weight is 509 g/mol. The van der Waals surface area contributed by atoms with Crippen LogP contribution in [0.5, 0.6) is 0 Å². The Morgan fingerprint density at radius 3 is 2.40 bits per heavy atom. The van der Waals surface area contributed by atoms with E-state index in [4.69, 9.17) is 11.6 Å². The third-order valence-electron chi connectivity index (χ3n) is 5.70. The van der Waals surface area contributed by atoms with Gasteiger partial charge in [0.2, 0.25) is 11.8 Å². The van der Waals surface area contributed by atoms with Crippen LogP contribution in [-0.2, 0) is 28.3 Å². The average Bonchev–Trinajstić information content (AvgIpc) is 2.86. The van der Waals surface area contributed by atoms with Crippen molar-refractivity contribution in [2.75, 3.05) is 12.3 Å². The third kappa shape index (κ3) is 8.44. The Hall–Kier alpha value is -2.76. The summed E-state index contributed by atoms with van der Waals surface area (Å²) in [6, 6.07) is 25.1. The third-order valence-corrected chi connectivity index (χ3v) is 7.03. The van der Waals surface area contributed by atoms with E-state index in [9.17, 15) is 9.59 Å². The van der Waals surface area contributed by atoms with Gasteiger partial charge in [0.25, 0.3) is 0 Å². The van der Waals surface area contributed by atoms with Crippen LogP contribution in [0.15, 0.2) is 78.9 Å². The molecule has 0 bridgehead atoms. The zero-order valence-electron chi connectivity index (χ0n) is 20.4. The van der Waals surface area contributed by atoms with Gasteiger partial charge < -0.3 is 10.2 Å². The van der Waals surface area contributed by atoms with Crippen LogP contribution in [0.2, 0.25) is 5.02 Å². The summed E-state index contributed by atoms with van der Waals surface area (Å²) in [5.41, 5.74) is 4.16. The van der Waals surface area contributed by atoms with Crippen molar-refractivity contribution in [2.24, 2.45) is 0 Å². The zero-order chi connectivity index (χ0) is 25.0. The highest BCUT2D eigenvalue weighted by Crippen LogP contribution is 2.22. The van der Waals surface area contributed by atoms with E-state index in [1.165, 1.54) is 11.8 Å². The van der Waals surface area contributed by atoms with Gasteiger partial charge in [-0.25, -0.2) is 0 Å². The molecule has 3 rings (SSSR count). The molecule has 1 atom stereocenters. The number of nitrogens with one attached hydrogen (secondary N) is 1. The van der Waals surface area contributed by atoms with Crippen LogP contribution in [-0.4, -0.2) is 35.1 Å². The lowest BCUT2D eigenvalue weighted by Gasteiger charge is -2.31. The molecule has 35 heavy (non-hydrogen) atoms. The predicted molar refractivity (Wildman–Crippen MR) is 147 cm³/mol. The highest BCUT2D eigenvalue weighted by Gasteiger charge is 2.30. The first kappa shape index (κ1) is 26.8. The van der Waals surface area contributed by atoms with Gasteiger partial charge in [0.05, 0.1) is 5.75 Å². The van der Waals surface area contributed by atoms with Gasteiger partial charge in [0.15, 0.2) is 0 Å². The highest BCUT2D eigenvalue weighted by atomic mass is 35.5. The van der Waals surface area contributed by atoms with E-state index in [-0.39, 0.29) is 17.6 Å². The summed E-state index contributed by atoms with van der Waals surface area (Å²) in [5, 5.41) is 3.72. The molecule has 3 aromatic carbocycles. The van der Waals surface area contributed by atoms with Crippen molar-refractivity contribution in [3.63, 3.8) is 0 Å². The van der Waals surface area contributed by atoms with Crippen LogP contribution < -0.4 is 5.32 Å². The monoisotopic (exact) mass is 508 g/mol. The van der Waals surface area contributed by atoms with E-state index in [1.807, 2.05) is 86.6 Å². The van der Waals surface area contributed by atoms with E-state index >= 15 is 0 Å². The quantitative estimate of drug-likeness (QED) is 0.324. The van der Waals surface area contributed by atoms with E-state index in [2.05, 4.69) is 11.4 Å². The summed E-state index contributed by atoms with van der Waals surface area (Å²) in [4.78, 5) is 28.7. The number of thioether (sulfide) groups is 1. The van der Waals surface area contributed by atoms with Crippen LogP contribution in [0.3, 0.4) is 0 Å². The summed E-state index contributed by atoms with van der Waals surface area (Å²) < 4.78 is 0. The number of nitrogens with zero attached hydrogens (tertiary/aromatic N) is 1. The lowest BCUT2D eigenvalue weighted by Crippen LogP contribution is -2.51. The van der Waals surface area contributed by atoms with Crippen molar-refractivity contribution in [1.82, 2.24) is 10.2 Å². The number of hydrogen-bond donors (Lipinski definition) is 1. The van der Waals surface area contributed by atoms with Crippen molar-refractivity contribution >= 4 is 35.2 Å². The van der Waals surface area contributed by atoms with E-state index in [0.717, 1.165) is 28.7 Å². The fraction of sp³-hybridized carbons (Fsp3) is 0.310. The number of rotatable bonds is 12. The van der Waals surface area contributed by atoms with Crippen molar-refractivity contribution in [2.45, 2.75) is 45.0 Å². The Morgan fingerprint density at radius 2 is 1.69 bits per heavy atom. The van der Waals surface area contributed by atoms with Gasteiger partial charge in [-0.15, -0.1) is 11.8 Å². The molecule has 0 saturated carbocycles. The van der Waals surface area contributed by atoms with Crippen LogP contribution in [0.25, 0.3) is 0 Å². The van der Waals surface area contributed by atoms with Crippen LogP contribution in [0.1, 0.15) is 35.6 Å². The van der Waals surface area contributed by atoms with Gasteiger partial charge in [-0.1, -0.05) is 96.9 Å². The van der Waals surface area contributed by atoms with Gasteiger partial charge in [0, 0.05) is 30.3 Å². The van der Waals surface area contributed by atoms with Gasteiger partial charge >= 0.3 is 0 Å². The molecule has 1 unspecified atom stereocenters. The van der Waals surface area contributed by atoms with E-state index < -0.39 is 6.04 Å². The molecule has 0 fully saturated rings. The molecule has 3 aromatic rings. The van der Waals surface area contributed by atoms with Crippen LogP contribution >= 0.6 is 23.4 Å². The number of carbonyl (C=O) groups excluding carboxylic acids is 2. The first-order valence-corrected chi connectivity index (χ1v) is 13.5. The Labute approximate surface area is 218 Å².